The first-order chi connectivity index (χ1) is 15.1. The zero-order valence-electron chi connectivity index (χ0n) is 17.8. The number of nitrogens with one attached hydrogen (secondary N) is 1. The molecule has 0 aliphatic heterocycles. The maximum Gasteiger partial charge on any atom is 0.344 e. The lowest BCUT2D eigenvalue weighted by atomic mass is 10.00. The molecule has 1 atom stereocenters. The molecule has 1 N–H and O–H groups in total. The molecule has 0 aromatic heterocycles. The van der Waals surface area contributed by atoms with Crippen LogP contribution in [0.15, 0.2) is 66.7 Å². The Labute approximate surface area is 182 Å². The second-order valence-corrected chi connectivity index (χ2v) is 7.10. The Morgan fingerprint density at radius 1 is 0.871 bits per heavy atom. The number of fused-ring (bicyclic) bond motifs is 1. The van der Waals surface area contributed by atoms with Crippen molar-refractivity contribution in [1.82, 2.24) is 5.32 Å². The zero-order chi connectivity index (χ0) is 22.1. The fraction of sp³-hybridized carbons (Fsp3) is 0.280. The summed E-state index contributed by atoms with van der Waals surface area (Å²) in [7, 11) is 0. The van der Waals surface area contributed by atoms with Crippen molar-refractivity contribution < 1.29 is 23.8 Å². The molecule has 162 valence electrons. The van der Waals surface area contributed by atoms with E-state index in [1.807, 2.05) is 62.4 Å². The predicted molar refractivity (Wildman–Crippen MR) is 119 cm³/mol. The first-order valence-corrected chi connectivity index (χ1v) is 10.4. The lowest BCUT2D eigenvalue weighted by Crippen LogP contribution is -2.32. The quantitative estimate of drug-likeness (QED) is 0.490. The largest absolute Gasteiger partial charge is 0.490 e. The van der Waals surface area contributed by atoms with Gasteiger partial charge in [0.25, 0.3) is 5.91 Å². The van der Waals surface area contributed by atoms with Crippen LogP contribution in [-0.4, -0.2) is 31.7 Å². The Hall–Kier alpha value is -3.54. The van der Waals surface area contributed by atoms with Crippen molar-refractivity contribution in [2.45, 2.75) is 26.3 Å². The normalized spacial score (nSPS) is 11.5. The zero-order valence-corrected chi connectivity index (χ0v) is 17.8. The smallest absolute Gasteiger partial charge is 0.344 e. The van der Waals surface area contributed by atoms with Crippen molar-refractivity contribution in [3.8, 4) is 11.5 Å². The van der Waals surface area contributed by atoms with Gasteiger partial charge in [-0.3, -0.25) is 4.79 Å². The summed E-state index contributed by atoms with van der Waals surface area (Å²) < 4.78 is 16.1. The summed E-state index contributed by atoms with van der Waals surface area (Å²) in [6, 6.07) is 20.8. The summed E-state index contributed by atoms with van der Waals surface area (Å²) in [6.07, 6.45) is 0.864. The van der Waals surface area contributed by atoms with E-state index >= 15 is 0 Å². The average molecular weight is 421 g/mol. The standard InChI is InChI=1S/C25H27NO5/c1-3-15-29-22-13-6-7-14-23(22)30-17-25(28)31-16-24(27)26-18(2)20-12-8-10-19-9-4-5-11-21(19)20/h4-14,18H,3,15-17H2,1-2H3,(H,26,27)/t18-/m1/s1. The molecule has 6 heteroatoms. The Balaban J connectivity index is 1.48. The van der Waals surface area contributed by atoms with Crippen LogP contribution < -0.4 is 14.8 Å². The molecule has 0 spiro atoms. The van der Waals surface area contributed by atoms with E-state index in [4.69, 9.17) is 14.2 Å². The van der Waals surface area contributed by atoms with Gasteiger partial charge < -0.3 is 19.5 Å². The summed E-state index contributed by atoms with van der Waals surface area (Å²) in [5.41, 5.74) is 1.00. The number of esters is 1. The Bertz CT molecular complexity index is 1030. The van der Waals surface area contributed by atoms with Gasteiger partial charge in [-0.1, -0.05) is 61.5 Å². The molecule has 0 saturated carbocycles. The van der Waals surface area contributed by atoms with E-state index < -0.39 is 5.97 Å². The molecule has 0 aliphatic rings. The van der Waals surface area contributed by atoms with Crippen LogP contribution in [-0.2, 0) is 14.3 Å². The second kappa shape index (κ2) is 11.0. The molecule has 1 amide bonds. The number of rotatable bonds is 10. The van der Waals surface area contributed by atoms with E-state index in [0.29, 0.717) is 18.1 Å². The highest BCUT2D eigenvalue weighted by Gasteiger charge is 2.15. The topological polar surface area (TPSA) is 73.9 Å². The fourth-order valence-corrected chi connectivity index (χ4v) is 3.21. The van der Waals surface area contributed by atoms with Crippen molar-refractivity contribution in [3.63, 3.8) is 0 Å². The maximum absolute atomic E-state index is 12.3. The van der Waals surface area contributed by atoms with Crippen LogP contribution in [0.2, 0.25) is 0 Å². The van der Waals surface area contributed by atoms with Crippen molar-refractivity contribution >= 4 is 22.6 Å². The molecule has 0 saturated heterocycles. The van der Waals surface area contributed by atoms with E-state index in [2.05, 4.69) is 5.32 Å². The third-order valence-corrected chi connectivity index (χ3v) is 4.69. The lowest BCUT2D eigenvalue weighted by molar-refractivity contribution is -0.150. The summed E-state index contributed by atoms with van der Waals surface area (Å²) in [6.45, 7) is 3.79. The minimum Gasteiger partial charge on any atom is -0.490 e. The van der Waals surface area contributed by atoms with Crippen LogP contribution in [0.4, 0.5) is 0 Å². The van der Waals surface area contributed by atoms with Gasteiger partial charge in [0, 0.05) is 0 Å². The van der Waals surface area contributed by atoms with Gasteiger partial charge in [-0.25, -0.2) is 4.79 Å². The average Bonchev–Trinajstić information content (AvgIpc) is 2.80. The molecular weight excluding hydrogens is 394 g/mol. The van der Waals surface area contributed by atoms with Gasteiger partial charge in [-0.2, -0.15) is 0 Å². The summed E-state index contributed by atoms with van der Waals surface area (Å²) in [5.74, 6) is 0.0273. The van der Waals surface area contributed by atoms with Crippen molar-refractivity contribution in [1.29, 1.82) is 0 Å². The van der Waals surface area contributed by atoms with Crippen molar-refractivity contribution in [3.05, 3.63) is 72.3 Å². The number of carbonyl (C=O) groups is 2. The number of amides is 1. The first-order valence-electron chi connectivity index (χ1n) is 10.4. The van der Waals surface area contributed by atoms with Gasteiger partial charge in [0.2, 0.25) is 0 Å². The highest BCUT2D eigenvalue weighted by molar-refractivity contribution is 5.87. The molecule has 0 heterocycles. The predicted octanol–water partition coefficient (Wildman–Crippen LogP) is 4.43. The van der Waals surface area contributed by atoms with E-state index in [1.54, 1.807) is 18.2 Å². The van der Waals surface area contributed by atoms with Crippen LogP contribution in [0.5, 0.6) is 11.5 Å². The van der Waals surface area contributed by atoms with Gasteiger partial charge in [-0.15, -0.1) is 0 Å². The molecule has 31 heavy (non-hydrogen) atoms. The van der Waals surface area contributed by atoms with E-state index in [-0.39, 0.29) is 25.2 Å². The number of hydrogen-bond donors (Lipinski definition) is 1. The van der Waals surface area contributed by atoms with Gasteiger partial charge in [0.05, 0.1) is 12.6 Å². The summed E-state index contributed by atoms with van der Waals surface area (Å²) in [5, 5.41) is 5.05. The molecular formula is C25H27NO5. The highest BCUT2D eigenvalue weighted by Crippen LogP contribution is 2.26. The molecule has 0 radical (unpaired) electrons. The van der Waals surface area contributed by atoms with Crippen LogP contribution in [0.1, 0.15) is 31.9 Å². The summed E-state index contributed by atoms with van der Waals surface area (Å²) in [4.78, 5) is 24.3. The van der Waals surface area contributed by atoms with Crippen LogP contribution in [0, 0.1) is 0 Å². The Morgan fingerprint density at radius 2 is 1.55 bits per heavy atom. The molecule has 0 unspecified atom stereocenters. The van der Waals surface area contributed by atoms with Crippen LogP contribution >= 0.6 is 0 Å². The van der Waals surface area contributed by atoms with Crippen molar-refractivity contribution in [2.75, 3.05) is 19.8 Å². The SMILES string of the molecule is CCCOc1ccccc1OCC(=O)OCC(=O)N[C@H](C)c1cccc2ccccc12. The van der Waals surface area contributed by atoms with E-state index in [9.17, 15) is 9.59 Å². The number of benzene rings is 3. The number of carbonyl (C=O) groups excluding carboxylic acids is 2. The van der Waals surface area contributed by atoms with Gasteiger partial charge >= 0.3 is 5.97 Å². The number of hydrogen-bond acceptors (Lipinski definition) is 5. The van der Waals surface area contributed by atoms with E-state index in [0.717, 1.165) is 22.8 Å². The second-order valence-electron chi connectivity index (χ2n) is 7.10. The highest BCUT2D eigenvalue weighted by atomic mass is 16.6. The maximum atomic E-state index is 12.3. The molecule has 0 fully saturated rings. The number of ether oxygens (including phenoxy) is 3. The molecule has 3 aromatic carbocycles. The molecule has 6 nitrogen and oxygen atoms in total. The Kier molecular flexibility index (Phi) is 7.87. The monoisotopic (exact) mass is 421 g/mol. The summed E-state index contributed by atoms with van der Waals surface area (Å²) >= 11 is 0. The lowest BCUT2D eigenvalue weighted by Gasteiger charge is -2.17. The minimum absolute atomic E-state index is 0.226. The molecule has 3 rings (SSSR count). The van der Waals surface area contributed by atoms with Crippen LogP contribution in [0.3, 0.4) is 0 Å². The Morgan fingerprint density at radius 3 is 2.32 bits per heavy atom. The van der Waals surface area contributed by atoms with Crippen LogP contribution in [0.25, 0.3) is 10.8 Å². The third-order valence-electron chi connectivity index (χ3n) is 4.69. The third kappa shape index (κ3) is 6.22. The van der Waals surface area contributed by atoms with E-state index in [1.165, 1.54) is 0 Å². The fourth-order valence-electron chi connectivity index (χ4n) is 3.21. The molecule has 0 bridgehead atoms. The van der Waals surface area contributed by atoms with Gasteiger partial charge in [0.1, 0.15) is 0 Å². The minimum atomic E-state index is -0.627. The van der Waals surface area contributed by atoms with Gasteiger partial charge in [0.15, 0.2) is 24.7 Å². The molecule has 0 aliphatic carbocycles. The van der Waals surface area contributed by atoms with Gasteiger partial charge in [-0.05, 0) is 41.8 Å². The number of para-hydroxylation sites is 2. The van der Waals surface area contributed by atoms with Crippen molar-refractivity contribution in [2.24, 2.45) is 0 Å². The first kappa shape index (κ1) is 22.2. The molecule has 3 aromatic rings.